The molecule has 0 saturated carbocycles. The number of fused-ring (bicyclic) bond motifs is 1. The van der Waals surface area contributed by atoms with Crippen LogP contribution in [0, 0.1) is 0 Å². The molecule has 0 aliphatic heterocycles. The van der Waals surface area contributed by atoms with E-state index in [1.165, 1.54) is 88.7 Å². The number of hydrogen-bond acceptors (Lipinski definition) is 2. The van der Waals surface area contributed by atoms with Crippen LogP contribution in [0.1, 0.15) is 200 Å². The van der Waals surface area contributed by atoms with Crippen LogP contribution >= 0.6 is 0 Å². The molecule has 0 spiro atoms. The van der Waals surface area contributed by atoms with Gasteiger partial charge < -0.3 is 0 Å². The fraction of sp³-hybridized carbons (Fsp3) is 0.491. The summed E-state index contributed by atoms with van der Waals surface area (Å²) >= 11 is 0. The van der Waals surface area contributed by atoms with Crippen LogP contribution in [0.2, 0.25) is 0 Å². The molecule has 0 aromatic heterocycles. The molecule has 0 heterocycles. The van der Waals surface area contributed by atoms with Gasteiger partial charge in [-0.05, 0) is 179 Å². The summed E-state index contributed by atoms with van der Waals surface area (Å²) in [6.45, 7) is 24.1. The lowest BCUT2D eigenvalue weighted by Gasteiger charge is -2.18. The molecule has 1 aromatic rings. The second-order valence-electron chi connectivity index (χ2n) is 17.2. The second-order valence-corrected chi connectivity index (χ2v) is 17.2. The molecule has 2 heteroatoms. The predicted molar refractivity (Wildman–Crippen MR) is 251 cm³/mol. The summed E-state index contributed by atoms with van der Waals surface area (Å²) in [5.41, 5.74) is 15.3. The van der Waals surface area contributed by atoms with Gasteiger partial charge in [-0.3, -0.25) is 9.59 Å². The van der Waals surface area contributed by atoms with Gasteiger partial charge in [0.15, 0.2) is 11.6 Å². The minimum atomic E-state index is -0.0286. The Morgan fingerprint density at radius 3 is 1.26 bits per heavy atom. The standard InChI is InChI=1S/C55H78O2/c1-41(2)21-16-24-42(3)22-12-13-23-43(4)25-17-26-44(5)27-18-28-45(6)29-19-30-46(7)35-36-47(8)31-20-32-48(9)37-38-49(10)39-40-51-50(11)54(56)52-33-14-15-34-53(52)55(51)57/h14-15,21-22,25,27,29,31,33-35,37,39H,12-13,16-20,23-24,26,28,30,32,36,38,40H2,1-11H3/b42-22+,43-25-,44-27-,45-29+,46-35+,47-31-,48-37-,49-39+. The number of benzene rings is 1. The van der Waals surface area contributed by atoms with E-state index in [0.717, 1.165) is 57.8 Å². The maximum atomic E-state index is 13.0. The predicted octanol–water partition coefficient (Wildman–Crippen LogP) is 17.2. The summed E-state index contributed by atoms with van der Waals surface area (Å²) in [5, 5.41) is 0. The van der Waals surface area contributed by atoms with Crippen LogP contribution in [0.15, 0.2) is 140 Å². The average Bonchev–Trinajstić information content (AvgIpc) is 3.17. The maximum Gasteiger partial charge on any atom is 0.190 e. The van der Waals surface area contributed by atoms with E-state index >= 15 is 0 Å². The van der Waals surface area contributed by atoms with Crippen LogP contribution in [-0.4, -0.2) is 11.6 Å². The summed E-state index contributed by atoms with van der Waals surface area (Å²) in [6, 6.07) is 7.15. The summed E-state index contributed by atoms with van der Waals surface area (Å²) in [7, 11) is 0. The molecule has 1 aliphatic carbocycles. The fourth-order valence-corrected chi connectivity index (χ4v) is 7.03. The number of unbranched alkanes of at least 4 members (excludes halogenated alkanes) is 1. The summed E-state index contributed by atoms with van der Waals surface area (Å²) < 4.78 is 0. The van der Waals surface area contributed by atoms with Gasteiger partial charge in [0.05, 0.1) is 0 Å². The molecule has 0 amide bonds. The minimum Gasteiger partial charge on any atom is -0.289 e. The van der Waals surface area contributed by atoms with E-state index in [9.17, 15) is 9.59 Å². The molecule has 0 bridgehead atoms. The average molecular weight is 771 g/mol. The highest BCUT2D eigenvalue weighted by molar-refractivity contribution is 6.26. The normalized spacial score (nSPS) is 15.5. The molecule has 310 valence electrons. The Kier molecular flexibility index (Phi) is 23.8. The van der Waals surface area contributed by atoms with E-state index < -0.39 is 0 Å². The number of allylic oxidation sites excluding steroid dienone is 20. The molecule has 2 nitrogen and oxygen atoms in total. The first-order valence-electron chi connectivity index (χ1n) is 21.9. The lowest BCUT2D eigenvalue weighted by atomic mass is 9.83. The van der Waals surface area contributed by atoms with Crippen molar-refractivity contribution in [2.45, 2.75) is 179 Å². The van der Waals surface area contributed by atoms with Gasteiger partial charge >= 0.3 is 0 Å². The van der Waals surface area contributed by atoms with Crippen molar-refractivity contribution in [3.05, 3.63) is 151 Å². The second kappa shape index (κ2) is 27.6. The first-order valence-corrected chi connectivity index (χ1v) is 21.9. The summed E-state index contributed by atoms with van der Waals surface area (Å²) in [4.78, 5) is 25.8. The van der Waals surface area contributed by atoms with Gasteiger partial charge in [0.2, 0.25) is 0 Å². The molecule has 0 fully saturated rings. The van der Waals surface area contributed by atoms with Crippen molar-refractivity contribution in [1.82, 2.24) is 0 Å². The quantitative estimate of drug-likeness (QED) is 0.0733. The van der Waals surface area contributed by atoms with Crippen molar-refractivity contribution < 1.29 is 9.59 Å². The minimum absolute atomic E-state index is 0.0157. The first kappa shape index (κ1) is 49.1. The Morgan fingerprint density at radius 2 is 0.789 bits per heavy atom. The van der Waals surface area contributed by atoms with Crippen LogP contribution in [0.5, 0.6) is 0 Å². The molecule has 2 rings (SSSR count). The summed E-state index contributed by atoms with van der Waals surface area (Å²) in [5.74, 6) is -0.0443. The largest absolute Gasteiger partial charge is 0.289 e. The number of Topliss-reactive ketones (excluding diaryl/α,β-unsaturated/α-hetero) is 2. The lowest BCUT2D eigenvalue weighted by molar-refractivity contribution is 0.0973. The van der Waals surface area contributed by atoms with Gasteiger partial charge in [0.25, 0.3) is 0 Å². The number of rotatable bonds is 25. The van der Waals surface area contributed by atoms with Gasteiger partial charge in [0.1, 0.15) is 0 Å². The van der Waals surface area contributed by atoms with E-state index in [1.54, 1.807) is 19.1 Å². The molecule has 1 aliphatic rings. The zero-order valence-electron chi connectivity index (χ0n) is 38.1. The molecule has 0 atom stereocenters. The number of ketones is 2. The monoisotopic (exact) mass is 771 g/mol. The SMILES string of the molecule is CC(C)=CCC/C(C)=C/CCC/C(C)=C\CC/C(C)=C\CC/C(C)=C/CC/C(C)=C/C/C(C)=C\CC/C(C)=C\C/C(C)=C/CC1=C(C)C(=O)c2ccccc2C1=O. The Labute approximate surface area is 350 Å². The highest BCUT2D eigenvalue weighted by atomic mass is 16.1. The number of carbonyl (C=O) groups is 2. The third-order valence-corrected chi connectivity index (χ3v) is 11.2. The zero-order valence-corrected chi connectivity index (χ0v) is 38.1. The fourth-order valence-electron chi connectivity index (χ4n) is 7.03. The molecule has 0 saturated heterocycles. The van der Waals surface area contributed by atoms with Crippen molar-refractivity contribution in [1.29, 1.82) is 0 Å². The third-order valence-electron chi connectivity index (χ3n) is 11.2. The molecule has 0 N–H and O–H groups in total. The Hall–Kier alpha value is -4.04. The van der Waals surface area contributed by atoms with Crippen LogP contribution in [0.3, 0.4) is 0 Å². The van der Waals surface area contributed by atoms with Crippen molar-refractivity contribution in [3.63, 3.8) is 0 Å². The van der Waals surface area contributed by atoms with E-state index in [0.29, 0.717) is 28.7 Å². The zero-order chi connectivity index (χ0) is 42.2. The molecule has 1 aromatic carbocycles. The van der Waals surface area contributed by atoms with Crippen LogP contribution in [0.4, 0.5) is 0 Å². The molecule has 57 heavy (non-hydrogen) atoms. The van der Waals surface area contributed by atoms with E-state index in [-0.39, 0.29) is 11.6 Å². The van der Waals surface area contributed by atoms with Crippen LogP contribution in [0.25, 0.3) is 0 Å². The van der Waals surface area contributed by atoms with E-state index in [1.807, 2.05) is 12.1 Å². The highest BCUT2D eigenvalue weighted by Gasteiger charge is 2.28. The van der Waals surface area contributed by atoms with Gasteiger partial charge in [0, 0.05) is 22.3 Å². The molecule has 0 radical (unpaired) electrons. The Balaban J connectivity index is 1.63. The maximum absolute atomic E-state index is 13.0. The van der Waals surface area contributed by atoms with E-state index in [4.69, 9.17) is 0 Å². The van der Waals surface area contributed by atoms with Crippen molar-refractivity contribution in [3.8, 4) is 0 Å². The summed E-state index contributed by atoms with van der Waals surface area (Å²) in [6.07, 6.45) is 38.7. The Morgan fingerprint density at radius 1 is 0.421 bits per heavy atom. The molecular weight excluding hydrogens is 693 g/mol. The van der Waals surface area contributed by atoms with Gasteiger partial charge in [-0.2, -0.15) is 0 Å². The third kappa shape index (κ3) is 20.8. The first-order chi connectivity index (χ1) is 27.2. The van der Waals surface area contributed by atoms with Gasteiger partial charge in [-0.25, -0.2) is 0 Å². The topological polar surface area (TPSA) is 34.1 Å². The van der Waals surface area contributed by atoms with Crippen molar-refractivity contribution in [2.75, 3.05) is 0 Å². The van der Waals surface area contributed by atoms with E-state index in [2.05, 4.69) is 124 Å². The lowest BCUT2D eigenvalue weighted by Crippen LogP contribution is -2.20. The van der Waals surface area contributed by atoms with Crippen LogP contribution in [-0.2, 0) is 0 Å². The van der Waals surface area contributed by atoms with Crippen molar-refractivity contribution in [2.24, 2.45) is 0 Å². The Bertz CT molecular complexity index is 1790. The van der Waals surface area contributed by atoms with Crippen LogP contribution < -0.4 is 0 Å². The number of hydrogen-bond donors (Lipinski definition) is 0. The number of carbonyl (C=O) groups excluding carboxylic acids is 2. The van der Waals surface area contributed by atoms with Crippen molar-refractivity contribution >= 4 is 11.6 Å². The van der Waals surface area contributed by atoms with Gasteiger partial charge in [-0.1, -0.05) is 129 Å². The van der Waals surface area contributed by atoms with Gasteiger partial charge in [-0.15, -0.1) is 0 Å². The molecular formula is C55H78O2. The highest BCUT2D eigenvalue weighted by Crippen LogP contribution is 2.29. The smallest absolute Gasteiger partial charge is 0.190 e. The molecule has 0 unspecified atom stereocenters.